The molecule has 2 heterocycles. The second kappa shape index (κ2) is 6.56. The minimum atomic E-state index is -0.299. The predicted octanol–water partition coefficient (Wildman–Crippen LogP) is 2.89. The number of nitrogens with zero attached hydrogens (tertiary/aromatic N) is 1. The number of hydrogen-bond acceptors (Lipinski definition) is 4. The molecule has 1 aromatic carbocycles. The molecular weight excluding hydrogens is 287 g/mol. The zero-order chi connectivity index (χ0) is 14.7. The van der Waals surface area contributed by atoms with Crippen molar-refractivity contribution in [3.8, 4) is 5.75 Å². The van der Waals surface area contributed by atoms with Crippen LogP contribution >= 0.6 is 11.3 Å². The van der Waals surface area contributed by atoms with Gasteiger partial charge in [-0.2, -0.15) is 0 Å². The van der Waals surface area contributed by atoms with Gasteiger partial charge in [-0.05, 0) is 29.1 Å². The zero-order valence-corrected chi connectivity index (χ0v) is 12.8. The number of ether oxygens (including phenoxy) is 1. The number of piperazine rings is 1. The van der Waals surface area contributed by atoms with Crippen LogP contribution in [-0.2, 0) is 0 Å². The third-order valence-corrected chi connectivity index (χ3v) is 4.75. The van der Waals surface area contributed by atoms with Gasteiger partial charge in [-0.3, -0.25) is 4.90 Å². The van der Waals surface area contributed by atoms with Crippen molar-refractivity contribution in [2.24, 2.45) is 0 Å². The van der Waals surface area contributed by atoms with Gasteiger partial charge in [0, 0.05) is 31.1 Å². The number of methoxy groups -OCH3 is 1. The molecule has 0 spiro atoms. The topological polar surface area (TPSA) is 24.5 Å². The fraction of sp³-hybridized carbons (Fsp3) is 0.375. The Bertz CT molecular complexity index is 582. The zero-order valence-electron chi connectivity index (χ0n) is 12.0. The van der Waals surface area contributed by atoms with Crippen molar-refractivity contribution < 1.29 is 9.13 Å². The highest BCUT2D eigenvalue weighted by molar-refractivity contribution is 7.10. The van der Waals surface area contributed by atoms with E-state index in [1.165, 1.54) is 12.0 Å². The summed E-state index contributed by atoms with van der Waals surface area (Å²) in [5.41, 5.74) is 0.984. The first-order valence-corrected chi connectivity index (χ1v) is 7.99. The van der Waals surface area contributed by atoms with Crippen LogP contribution in [0.2, 0.25) is 0 Å². The van der Waals surface area contributed by atoms with E-state index in [-0.39, 0.29) is 11.9 Å². The lowest BCUT2D eigenvalue weighted by atomic mass is 10.0. The molecule has 1 aliphatic heterocycles. The van der Waals surface area contributed by atoms with Crippen molar-refractivity contribution >= 4 is 11.3 Å². The number of hydrogen-bond donors (Lipinski definition) is 1. The average molecular weight is 306 g/mol. The summed E-state index contributed by atoms with van der Waals surface area (Å²) in [6, 6.07) is 9.58. The van der Waals surface area contributed by atoms with Gasteiger partial charge in [0.05, 0.1) is 13.2 Å². The summed E-state index contributed by atoms with van der Waals surface area (Å²) in [5.74, 6) is -0.00400. The lowest BCUT2D eigenvalue weighted by molar-refractivity contribution is 0.200. The Morgan fingerprint density at radius 3 is 2.71 bits per heavy atom. The second-order valence-corrected chi connectivity index (χ2v) is 6.08. The van der Waals surface area contributed by atoms with Gasteiger partial charge in [-0.25, -0.2) is 4.39 Å². The maximum Gasteiger partial charge on any atom is 0.165 e. The summed E-state index contributed by atoms with van der Waals surface area (Å²) in [6.45, 7) is 3.88. The van der Waals surface area contributed by atoms with Crippen molar-refractivity contribution in [2.75, 3.05) is 33.3 Å². The Morgan fingerprint density at radius 1 is 1.29 bits per heavy atom. The van der Waals surface area contributed by atoms with Gasteiger partial charge in [-0.15, -0.1) is 11.3 Å². The number of thiophene rings is 1. The first kappa shape index (κ1) is 14.5. The van der Waals surface area contributed by atoms with E-state index in [1.54, 1.807) is 23.5 Å². The Morgan fingerprint density at radius 2 is 2.10 bits per heavy atom. The molecule has 112 valence electrons. The molecule has 0 aliphatic carbocycles. The highest BCUT2D eigenvalue weighted by Crippen LogP contribution is 2.33. The van der Waals surface area contributed by atoms with Gasteiger partial charge in [-0.1, -0.05) is 12.1 Å². The summed E-state index contributed by atoms with van der Waals surface area (Å²) < 4.78 is 19.1. The Labute approximate surface area is 128 Å². The largest absolute Gasteiger partial charge is 0.494 e. The Hall–Kier alpha value is -1.43. The standard InChI is InChI=1S/C16H19FN2OS/c1-20-14-5-4-12(11-13(14)17)16(15-3-2-10-21-15)19-8-6-18-7-9-19/h2-5,10-11,16,18H,6-9H2,1H3. The van der Waals surface area contributed by atoms with Crippen LogP contribution in [0.3, 0.4) is 0 Å². The molecule has 1 aromatic heterocycles. The first-order chi connectivity index (χ1) is 10.3. The van der Waals surface area contributed by atoms with Crippen LogP contribution in [0.15, 0.2) is 35.7 Å². The van der Waals surface area contributed by atoms with E-state index in [0.29, 0.717) is 5.75 Å². The van der Waals surface area contributed by atoms with Crippen LogP contribution in [0.5, 0.6) is 5.75 Å². The third kappa shape index (κ3) is 3.10. The molecule has 1 aliphatic rings. The molecule has 1 unspecified atom stereocenters. The van der Waals surface area contributed by atoms with Crippen LogP contribution < -0.4 is 10.1 Å². The van der Waals surface area contributed by atoms with Gasteiger partial charge in [0.15, 0.2) is 11.6 Å². The summed E-state index contributed by atoms with van der Waals surface area (Å²) in [7, 11) is 1.49. The molecular formula is C16H19FN2OS. The fourth-order valence-electron chi connectivity index (χ4n) is 2.79. The molecule has 1 atom stereocenters. The molecule has 1 saturated heterocycles. The lowest BCUT2D eigenvalue weighted by Gasteiger charge is -2.34. The second-order valence-electron chi connectivity index (χ2n) is 5.10. The van der Waals surface area contributed by atoms with E-state index >= 15 is 0 Å². The van der Waals surface area contributed by atoms with Gasteiger partial charge >= 0.3 is 0 Å². The molecule has 0 radical (unpaired) electrons. The van der Waals surface area contributed by atoms with Crippen molar-refractivity contribution in [1.29, 1.82) is 0 Å². The molecule has 0 bridgehead atoms. The number of nitrogens with one attached hydrogen (secondary N) is 1. The van der Waals surface area contributed by atoms with Gasteiger partial charge in [0.2, 0.25) is 0 Å². The van der Waals surface area contributed by atoms with E-state index in [0.717, 1.165) is 31.7 Å². The van der Waals surface area contributed by atoms with E-state index in [1.807, 2.05) is 6.07 Å². The summed E-state index contributed by atoms with van der Waals surface area (Å²) in [4.78, 5) is 3.66. The highest BCUT2D eigenvalue weighted by Gasteiger charge is 2.25. The minimum Gasteiger partial charge on any atom is -0.494 e. The van der Waals surface area contributed by atoms with E-state index in [9.17, 15) is 4.39 Å². The Kier molecular flexibility index (Phi) is 4.53. The molecule has 0 amide bonds. The number of benzene rings is 1. The summed E-state index contributed by atoms with van der Waals surface area (Å²) in [6.07, 6.45) is 0. The van der Waals surface area contributed by atoms with E-state index in [4.69, 9.17) is 4.74 Å². The lowest BCUT2D eigenvalue weighted by Crippen LogP contribution is -2.45. The average Bonchev–Trinajstić information content (AvgIpc) is 3.03. The highest BCUT2D eigenvalue weighted by atomic mass is 32.1. The van der Waals surface area contributed by atoms with Gasteiger partial charge in [0.25, 0.3) is 0 Å². The number of rotatable bonds is 4. The maximum atomic E-state index is 14.1. The molecule has 21 heavy (non-hydrogen) atoms. The molecule has 5 heteroatoms. The van der Waals surface area contributed by atoms with Crippen molar-refractivity contribution in [3.05, 3.63) is 52.0 Å². The SMILES string of the molecule is COc1ccc(C(c2cccs2)N2CCNCC2)cc1F. The van der Waals surface area contributed by atoms with Crippen LogP contribution in [-0.4, -0.2) is 38.2 Å². The summed E-state index contributed by atoms with van der Waals surface area (Å²) in [5, 5.41) is 5.44. The maximum absolute atomic E-state index is 14.1. The first-order valence-electron chi connectivity index (χ1n) is 7.11. The van der Waals surface area contributed by atoms with Crippen LogP contribution in [0.4, 0.5) is 4.39 Å². The van der Waals surface area contributed by atoms with Gasteiger partial charge < -0.3 is 10.1 Å². The van der Waals surface area contributed by atoms with Crippen molar-refractivity contribution in [3.63, 3.8) is 0 Å². The molecule has 3 nitrogen and oxygen atoms in total. The van der Waals surface area contributed by atoms with E-state index in [2.05, 4.69) is 27.7 Å². The monoisotopic (exact) mass is 306 g/mol. The van der Waals surface area contributed by atoms with Crippen LogP contribution in [0.1, 0.15) is 16.5 Å². The molecule has 1 N–H and O–H groups in total. The third-order valence-electron chi connectivity index (χ3n) is 3.82. The minimum absolute atomic E-state index is 0.118. The molecule has 1 fully saturated rings. The summed E-state index contributed by atoms with van der Waals surface area (Å²) >= 11 is 1.72. The molecule has 2 aromatic rings. The van der Waals surface area contributed by atoms with Crippen molar-refractivity contribution in [2.45, 2.75) is 6.04 Å². The predicted molar refractivity (Wildman–Crippen MR) is 83.6 cm³/mol. The van der Waals surface area contributed by atoms with E-state index < -0.39 is 0 Å². The normalized spacial score (nSPS) is 17.6. The van der Waals surface area contributed by atoms with Crippen molar-refractivity contribution in [1.82, 2.24) is 10.2 Å². The van der Waals surface area contributed by atoms with Gasteiger partial charge in [0.1, 0.15) is 0 Å². The fourth-order valence-corrected chi connectivity index (χ4v) is 3.68. The Balaban J connectivity index is 1.96. The number of halogens is 1. The smallest absolute Gasteiger partial charge is 0.165 e. The van der Waals surface area contributed by atoms with Crippen LogP contribution in [0, 0.1) is 5.82 Å². The molecule has 0 saturated carbocycles. The molecule has 3 rings (SSSR count). The quantitative estimate of drug-likeness (QED) is 0.940. The van der Waals surface area contributed by atoms with Crippen LogP contribution in [0.25, 0.3) is 0 Å².